The van der Waals surface area contributed by atoms with E-state index in [0.717, 1.165) is 24.9 Å². The molecule has 0 fully saturated rings. The summed E-state index contributed by atoms with van der Waals surface area (Å²) in [6, 6.07) is 14.3. The molecule has 2 aromatic carbocycles. The fraction of sp³-hybridized carbons (Fsp3) is 0.263. The van der Waals surface area contributed by atoms with Crippen LogP contribution in [0, 0.1) is 0 Å². The maximum absolute atomic E-state index is 12.0. The first-order valence-electron chi connectivity index (χ1n) is 8.28. The molecule has 0 saturated heterocycles. The van der Waals surface area contributed by atoms with Crippen molar-refractivity contribution in [2.45, 2.75) is 30.6 Å². The first-order chi connectivity index (χ1) is 12.1. The summed E-state index contributed by atoms with van der Waals surface area (Å²) in [5, 5.41) is 5.71. The zero-order valence-corrected chi connectivity index (χ0v) is 14.9. The van der Waals surface area contributed by atoms with Crippen molar-refractivity contribution in [3.63, 3.8) is 0 Å². The quantitative estimate of drug-likeness (QED) is 0.331. The topological polar surface area (TPSA) is 84.2 Å². The maximum Gasteiger partial charge on any atom is 0.252 e. The Bertz CT molecular complexity index is 717. The molecule has 0 aliphatic rings. The standard InChI is InChI=1S/C19H23N3O2S/c20-14-9-11-15(12-10-14)22-18(23)8-2-1-5-13-21-19(24)16-6-3-4-7-17(16)25/h3-4,6-7,9-12,25H,1-2,5,8,13,20H2,(H,21,24)(H,22,23). The molecule has 0 atom stereocenters. The Morgan fingerprint density at radius 3 is 2.40 bits per heavy atom. The van der Waals surface area contributed by atoms with Gasteiger partial charge in [0, 0.05) is 29.2 Å². The van der Waals surface area contributed by atoms with E-state index >= 15 is 0 Å². The van der Waals surface area contributed by atoms with E-state index in [1.807, 2.05) is 12.1 Å². The van der Waals surface area contributed by atoms with Gasteiger partial charge in [-0.05, 0) is 49.2 Å². The highest BCUT2D eigenvalue weighted by Crippen LogP contribution is 2.13. The monoisotopic (exact) mass is 357 g/mol. The zero-order valence-electron chi connectivity index (χ0n) is 14.0. The number of unbranched alkanes of at least 4 members (excludes halogenated alkanes) is 2. The van der Waals surface area contributed by atoms with Crippen LogP contribution in [0.3, 0.4) is 0 Å². The molecule has 0 spiro atoms. The first-order valence-corrected chi connectivity index (χ1v) is 8.72. The van der Waals surface area contributed by atoms with Crippen LogP contribution in [0.2, 0.25) is 0 Å². The molecule has 132 valence electrons. The van der Waals surface area contributed by atoms with Gasteiger partial charge in [-0.25, -0.2) is 0 Å². The molecule has 0 aromatic heterocycles. The molecule has 0 bridgehead atoms. The Hall–Kier alpha value is -2.47. The van der Waals surface area contributed by atoms with Gasteiger partial charge >= 0.3 is 0 Å². The van der Waals surface area contributed by atoms with Crippen LogP contribution in [0.4, 0.5) is 11.4 Å². The van der Waals surface area contributed by atoms with Crippen molar-refractivity contribution in [1.29, 1.82) is 0 Å². The number of nitrogen functional groups attached to an aromatic ring is 1. The molecular formula is C19H23N3O2S. The Kier molecular flexibility index (Phi) is 7.35. The molecule has 2 rings (SSSR count). The molecule has 0 unspecified atom stereocenters. The van der Waals surface area contributed by atoms with Crippen molar-refractivity contribution < 1.29 is 9.59 Å². The van der Waals surface area contributed by atoms with Crippen LogP contribution < -0.4 is 16.4 Å². The molecule has 0 heterocycles. The van der Waals surface area contributed by atoms with Crippen molar-refractivity contribution in [1.82, 2.24) is 5.32 Å². The van der Waals surface area contributed by atoms with Crippen LogP contribution in [0.5, 0.6) is 0 Å². The summed E-state index contributed by atoms with van der Waals surface area (Å²) >= 11 is 4.27. The van der Waals surface area contributed by atoms with Gasteiger partial charge in [0.25, 0.3) is 5.91 Å². The number of amides is 2. The predicted molar refractivity (Wildman–Crippen MR) is 104 cm³/mol. The third-order valence-corrected chi connectivity index (χ3v) is 4.10. The first kappa shape index (κ1) is 18.9. The number of thiol groups is 1. The summed E-state index contributed by atoms with van der Waals surface area (Å²) in [5.74, 6) is -0.135. The van der Waals surface area contributed by atoms with Crippen LogP contribution in [-0.2, 0) is 4.79 Å². The van der Waals surface area contributed by atoms with Crippen molar-refractivity contribution in [2.75, 3.05) is 17.6 Å². The summed E-state index contributed by atoms with van der Waals surface area (Å²) < 4.78 is 0. The lowest BCUT2D eigenvalue weighted by atomic mass is 10.1. The van der Waals surface area contributed by atoms with Gasteiger partial charge in [-0.15, -0.1) is 12.6 Å². The normalized spacial score (nSPS) is 10.3. The molecule has 0 saturated carbocycles. The van der Waals surface area contributed by atoms with Crippen molar-refractivity contribution in [3.8, 4) is 0 Å². The summed E-state index contributed by atoms with van der Waals surface area (Å²) in [6.07, 6.45) is 2.94. The van der Waals surface area contributed by atoms with Gasteiger partial charge in [-0.2, -0.15) is 0 Å². The SMILES string of the molecule is Nc1ccc(NC(=O)CCCCCNC(=O)c2ccccc2S)cc1. The molecule has 2 amide bonds. The Labute approximate surface area is 153 Å². The number of carbonyl (C=O) groups excluding carboxylic acids is 2. The van der Waals surface area contributed by atoms with Gasteiger partial charge in [0.05, 0.1) is 5.56 Å². The van der Waals surface area contributed by atoms with E-state index < -0.39 is 0 Å². The molecule has 2 aromatic rings. The Morgan fingerprint density at radius 1 is 0.960 bits per heavy atom. The minimum absolute atomic E-state index is 0.0159. The Balaban J connectivity index is 1.58. The lowest BCUT2D eigenvalue weighted by Gasteiger charge is -2.07. The summed E-state index contributed by atoms with van der Waals surface area (Å²) in [6.45, 7) is 0.584. The van der Waals surface area contributed by atoms with Crippen molar-refractivity contribution >= 4 is 35.8 Å². The number of nitrogens with two attached hydrogens (primary N) is 1. The number of hydrogen-bond donors (Lipinski definition) is 4. The molecule has 25 heavy (non-hydrogen) atoms. The van der Waals surface area contributed by atoms with E-state index in [2.05, 4.69) is 23.3 Å². The van der Waals surface area contributed by atoms with Crippen LogP contribution in [0.15, 0.2) is 53.4 Å². The number of rotatable bonds is 8. The van der Waals surface area contributed by atoms with Crippen LogP contribution in [0.1, 0.15) is 36.0 Å². The van der Waals surface area contributed by atoms with Gasteiger partial charge in [0.1, 0.15) is 0 Å². The van der Waals surface area contributed by atoms with Gasteiger partial charge in [-0.1, -0.05) is 18.6 Å². The van der Waals surface area contributed by atoms with Gasteiger partial charge in [0.2, 0.25) is 5.91 Å². The molecule has 0 radical (unpaired) electrons. The molecule has 4 N–H and O–H groups in total. The average Bonchev–Trinajstić information content (AvgIpc) is 2.60. The van der Waals surface area contributed by atoms with Crippen LogP contribution >= 0.6 is 12.6 Å². The van der Waals surface area contributed by atoms with E-state index in [0.29, 0.717) is 29.1 Å². The molecular weight excluding hydrogens is 334 g/mol. The number of hydrogen-bond acceptors (Lipinski definition) is 4. The zero-order chi connectivity index (χ0) is 18.1. The number of anilines is 2. The van der Waals surface area contributed by atoms with Gasteiger partial charge in [0.15, 0.2) is 0 Å². The molecule has 0 aliphatic carbocycles. The molecule has 0 aliphatic heterocycles. The summed E-state index contributed by atoms with van der Waals surface area (Å²) in [5.41, 5.74) is 7.60. The third-order valence-electron chi connectivity index (χ3n) is 3.71. The lowest BCUT2D eigenvalue weighted by Crippen LogP contribution is -2.24. The highest BCUT2D eigenvalue weighted by Gasteiger charge is 2.07. The maximum atomic E-state index is 12.0. The number of nitrogens with one attached hydrogen (secondary N) is 2. The molecule has 5 nitrogen and oxygen atoms in total. The van der Waals surface area contributed by atoms with Crippen LogP contribution in [0.25, 0.3) is 0 Å². The van der Waals surface area contributed by atoms with Crippen molar-refractivity contribution in [3.05, 3.63) is 54.1 Å². The second kappa shape index (κ2) is 9.74. The van der Waals surface area contributed by atoms with Gasteiger partial charge < -0.3 is 16.4 Å². The second-order valence-electron chi connectivity index (χ2n) is 5.75. The average molecular weight is 357 g/mol. The highest BCUT2D eigenvalue weighted by atomic mass is 32.1. The second-order valence-corrected chi connectivity index (χ2v) is 6.24. The fourth-order valence-electron chi connectivity index (χ4n) is 2.34. The van der Waals surface area contributed by atoms with Gasteiger partial charge in [-0.3, -0.25) is 9.59 Å². The minimum Gasteiger partial charge on any atom is -0.399 e. The largest absolute Gasteiger partial charge is 0.399 e. The number of benzene rings is 2. The fourth-order valence-corrected chi connectivity index (χ4v) is 2.60. The smallest absolute Gasteiger partial charge is 0.252 e. The lowest BCUT2D eigenvalue weighted by molar-refractivity contribution is -0.116. The van der Waals surface area contributed by atoms with Crippen molar-refractivity contribution in [2.24, 2.45) is 0 Å². The van der Waals surface area contributed by atoms with E-state index in [-0.39, 0.29) is 11.8 Å². The van der Waals surface area contributed by atoms with E-state index in [1.165, 1.54) is 0 Å². The highest BCUT2D eigenvalue weighted by molar-refractivity contribution is 7.80. The number of carbonyl (C=O) groups is 2. The van der Waals surface area contributed by atoms with E-state index in [1.54, 1.807) is 36.4 Å². The summed E-state index contributed by atoms with van der Waals surface area (Å²) in [7, 11) is 0. The predicted octanol–water partition coefficient (Wildman–Crippen LogP) is 3.49. The summed E-state index contributed by atoms with van der Waals surface area (Å²) in [4.78, 5) is 24.5. The Morgan fingerprint density at radius 2 is 1.68 bits per heavy atom. The van der Waals surface area contributed by atoms with Crippen LogP contribution in [-0.4, -0.2) is 18.4 Å². The molecule has 6 heteroatoms. The van der Waals surface area contributed by atoms with E-state index in [9.17, 15) is 9.59 Å². The third kappa shape index (κ3) is 6.51. The minimum atomic E-state index is -0.119. The van der Waals surface area contributed by atoms with E-state index in [4.69, 9.17) is 5.73 Å².